The minimum atomic E-state index is 0.0607. The summed E-state index contributed by atoms with van der Waals surface area (Å²) in [6.45, 7) is 0.740. The maximum atomic E-state index is 10.6. The Morgan fingerprint density at radius 2 is 1.27 bits per heavy atom. The predicted molar refractivity (Wildman–Crippen MR) is 107 cm³/mol. The van der Waals surface area contributed by atoms with Crippen molar-refractivity contribution in [3.05, 3.63) is 101 Å². The number of carbonyl (C=O) groups is 1. The molecule has 0 spiro atoms. The topological polar surface area (TPSA) is 63.3 Å². The van der Waals surface area contributed by atoms with Crippen LogP contribution in [-0.2, 0) is 19.3 Å². The second-order valence-electron chi connectivity index (χ2n) is 6.02. The van der Waals surface area contributed by atoms with Crippen molar-refractivity contribution in [1.82, 2.24) is 0 Å². The first kappa shape index (κ1) is 19.4. The van der Waals surface area contributed by atoms with Gasteiger partial charge in [-0.05, 0) is 54.6 Å². The third kappa shape index (κ3) is 6.54. The summed E-state index contributed by atoms with van der Waals surface area (Å²) in [5.74, 6) is 0.0607. The van der Waals surface area contributed by atoms with Gasteiger partial charge in [-0.2, -0.15) is 0 Å². The van der Waals surface area contributed by atoms with Gasteiger partial charge in [0, 0.05) is 0 Å². The van der Waals surface area contributed by atoms with Crippen LogP contribution in [0.15, 0.2) is 78.9 Å². The number of aryl methyl sites for hydroxylation is 2. The van der Waals surface area contributed by atoms with Crippen LogP contribution in [0.4, 0.5) is 0 Å². The summed E-state index contributed by atoms with van der Waals surface area (Å²) in [7, 11) is 0. The molecule has 3 heteroatoms. The molecule has 0 aromatic heterocycles. The minimum absolute atomic E-state index is 0.0607. The molecule has 0 saturated heterocycles. The van der Waals surface area contributed by atoms with Crippen LogP contribution in [0.25, 0.3) is 0 Å². The van der Waals surface area contributed by atoms with Gasteiger partial charge in [-0.25, -0.2) is 0 Å². The number of aldehydes is 1. The summed E-state index contributed by atoms with van der Waals surface area (Å²) in [5.41, 5.74) is 9.33. The van der Waals surface area contributed by atoms with E-state index in [1.807, 2.05) is 42.5 Å². The lowest BCUT2D eigenvalue weighted by Gasteiger charge is -2.04. The number of aromatic hydroxyl groups is 1. The summed E-state index contributed by atoms with van der Waals surface area (Å²) in [4.78, 5) is 10.6. The fraction of sp³-hybridized carbons (Fsp3) is 0.174. The minimum Gasteiger partial charge on any atom is -0.507 e. The van der Waals surface area contributed by atoms with E-state index in [-0.39, 0.29) is 5.75 Å². The average molecular weight is 347 g/mol. The number of phenols is 1. The van der Waals surface area contributed by atoms with Gasteiger partial charge in [0.05, 0.1) is 5.56 Å². The van der Waals surface area contributed by atoms with Crippen molar-refractivity contribution in [3.8, 4) is 5.75 Å². The molecule has 3 rings (SSSR count). The molecule has 3 aromatic carbocycles. The van der Waals surface area contributed by atoms with E-state index in [4.69, 9.17) is 5.73 Å². The van der Waals surface area contributed by atoms with Crippen LogP contribution in [0.3, 0.4) is 0 Å². The first-order valence-electron chi connectivity index (χ1n) is 8.78. The van der Waals surface area contributed by atoms with Crippen molar-refractivity contribution in [2.75, 3.05) is 6.54 Å². The highest BCUT2D eigenvalue weighted by Gasteiger charge is 2.01. The van der Waals surface area contributed by atoms with Gasteiger partial charge in [0.25, 0.3) is 0 Å². The SMILES string of the molecule is NCCc1ccccc1.O=Cc1ccc(CCc2ccccc2)cc1O. The highest BCUT2D eigenvalue weighted by Crippen LogP contribution is 2.18. The summed E-state index contributed by atoms with van der Waals surface area (Å²) in [6, 6.07) is 25.6. The lowest BCUT2D eigenvalue weighted by atomic mass is 10.0. The van der Waals surface area contributed by atoms with Gasteiger partial charge in [-0.15, -0.1) is 0 Å². The maximum absolute atomic E-state index is 10.6. The standard InChI is InChI=1S/C15H14O2.C8H11N/c16-11-14-9-8-13(10-15(14)17)7-6-12-4-2-1-3-5-12;9-7-6-8-4-2-1-3-5-8/h1-5,8-11,17H,6-7H2;1-5H,6-7,9H2. The summed E-state index contributed by atoms with van der Waals surface area (Å²) >= 11 is 0. The number of carbonyl (C=O) groups excluding carboxylic acids is 1. The van der Waals surface area contributed by atoms with Crippen molar-refractivity contribution >= 4 is 6.29 Å². The molecule has 3 aromatic rings. The highest BCUT2D eigenvalue weighted by molar-refractivity contribution is 5.79. The molecule has 0 saturated carbocycles. The van der Waals surface area contributed by atoms with Crippen molar-refractivity contribution in [3.63, 3.8) is 0 Å². The Kier molecular flexibility index (Phi) is 8.10. The molecule has 0 amide bonds. The predicted octanol–water partition coefficient (Wildman–Crippen LogP) is 4.18. The van der Waals surface area contributed by atoms with Crippen LogP contribution in [0.1, 0.15) is 27.0 Å². The molecular weight excluding hydrogens is 322 g/mol. The zero-order chi connectivity index (χ0) is 18.6. The molecule has 0 radical (unpaired) electrons. The first-order chi connectivity index (χ1) is 12.7. The van der Waals surface area contributed by atoms with Crippen molar-refractivity contribution in [2.45, 2.75) is 19.3 Å². The summed E-state index contributed by atoms with van der Waals surface area (Å²) in [6.07, 6.45) is 3.44. The van der Waals surface area contributed by atoms with E-state index in [0.717, 1.165) is 31.4 Å². The van der Waals surface area contributed by atoms with Gasteiger partial charge in [-0.1, -0.05) is 66.7 Å². The number of nitrogens with two attached hydrogens (primary N) is 1. The molecule has 134 valence electrons. The molecule has 0 aliphatic carbocycles. The molecular formula is C23H25NO2. The number of rotatable bonds is 6. The monoisotopic (exact) mass is 347 g/mol. The summed E-state index contributed by atoms with van der Waals surface area (Å²) in [5, 5.41) is 9.56. The van der Waals surface area contributed by atoms with E-state index in [1.54, 1.807) is 12.1 Å². The quantitative estimate of drug-likeness (QED) is 0.658. The third-order valence-corrected chi connectivity index (χ3v) is 4.04. The van der Waals surface area contributed by atoms with Crippen LogP contribution in [0.5, 0.6) is 5.75 Å². The second kappa shape index (κ2) is 10.9. The fourth-order valence-electron chi connectivity index (χ4n) is 2.59. The van der Waals surface area contributed by atoms with Gasteiger partial charge in [0.2, 0.25) is 0 Å². The second-order valence-corrected chi connectivity index (χ2v) is 6.02. The zero-order valence-corrected chi connectivity index (χ0v) is 14.8. The largest absolute Gasteiger partial charge is 0.507 e. The molecule has 0 unspecified atom stereocenters. The Morgan fingerprint density at radius 3 is 1.77 bits per heavy atom. The van der Waals surface area contributed by atoms with Crippen molar-refractivity contribution in [2.24, 2.45) is 5.73 Å². The molecule has 0 bridgehead atoms. The van der Waals surface area contributed by atoms with Crippen LogP contribution in [0.2, 0.25) is 0 Å². The normalized spacial score (nSPS) is 9.88. The zero-order valence-electron chi connectivity index (χ0n) is 14.8. The average Bonchev–Trinajstić information content (AvgIpc) is 2.69. The fourth-order valence-corrected chi connectivity index (χ4v) is 2.59. The Morgan fingerprint density at radius 1 is 0.731 bits per heavy atom. The molecule has 0 aliphatic heterocycles. The molecule has 0 heterocycles. The molecule has 3 nitrogen and oxygen atoms in total. The van der Waals surface area contributed by atoms with E-state index in [0.29, 0.717) is 11.8 Å². The van der Waals surface area contributed by atoms with Crippen LogP contribution >= 0.6 is 0 Å². The van der Waals surface area contributed by atoms with Gasteiger partial charge in [0.15, 0.2) is 6.29 Å². The Labute approximate surface area is 155 Å². The van der Waals surface area contributed by atoms with E-state index < -0.39 is 0 Å². The highest BCUT2D eigenvalue weighted by atomic mass is 16.3. The van der Waals surface area contributed by atoms with E-state index >= 15 is 0 Å². The van der Waals surface area contributed by atoms with Crippen molar-refractivity contribution in [1.29, 1.82) is 0 Å². The molecule has 0 fully saturated rings. The number of hydrogen-bond donors (Lipinski definition) is 2. The van der Waals surface area contributed by atoms with Gasteiger partial charge in [0.1, 0.15) is 5.75 Å². The van der Waals surface area contributed by atoms with Gasteiger partial charge in [-0.3, -0.25) is 4.79 Å². The van der Waals surface area contributed by atoms with Crippen LogP contribution in [0, 0.1) is 0 Å². The molecule has 3 N–H and O–H groups in total. The molecule has 0 atom stereocenters. The number of hydrogen-bond acceptors (Lipinski definition) is 3. The Hall–Kier alpha value is -2.91. The Bertz CT molecular complexity index is 786. The summed E-state index contributed by atoms with van der Waals surface area (Å²) < 4.78 is 0. The molecule has 0 aliphatic rings. The lowest BCUT2D eigenvalue weighted by molar-refractivity contribution is 0.112. The van der Waals surface area contributed by atoms with Gasteiger partial charge < -0.3 is 10.8 Å². The maximum Gasteiger partial charge on any atom is 0.153 e. The first-order valence-corrected chi connectivity index (χ1v) is 8.78. The van der Waals surface area contributed by atoms with Crippen LogP contribution in [-0.4, -0.2) is 17.9 Å². The van der Waals surface area contributed by atoms with Crippen LogP contribution < -0.4 is 5.73 Å². The van der Waals surface area contributed by atoms with Crippen molar-refractivity contribution < 1.29 is 9.90 Å². The lowest BCUT2D eigenvalue weighted by Crippen LogP contribution is -2.01. The number of benzene rings is 3. The number of phenolic OH excluding ortho intramolecular Hbond substituents is 1. The smallest absolute Gasteiger partial charge is 0.153 e. The van der Waals surface area contributed by atoms with Gasteiger partial charge >= 0.3 is 0 Å². The van der Waals surface area contributed by atoms with E-state index in [9.17, 15) is 9.90 Å². The van der Waals surface area contributed by atoms with E-state index in [2.05, 4.69) is 24.3 Å². The van der Waals surface area contributed by atoms with E-state index in [1.165, 1.54) is 11.1 Å². The Balaban J connectivity index is 0.000000228. The molecule has 26 heavy (non-hydrogen) atoms. The third-order valence-electron chi connectivity index (χ3n) is 4.04.